The van der Waals surface area contributed by atoms with E-state index in [-0.39, 0.29) is 0 Å². The normalized spacial score (nSPS) is 15.6. The van der Waals surface area contributed by atoms with Crippen LogP contribution in [0.5, 0.6) is 0 Å². The predicted octanol–water partition coefficient (Wildman–Crippen LogP) is 3.14. The van der Waals surface area contributed by atoms with Gasteiger partial charge in [-0.15, -0.1) is 0 Å². The molecule has 1 unspecified atom stereocenters. The fourth-order valence-corrected chi connectivity index (χ4v) is 2.89. The lowest BCUT2D eigenvalue weighted by Gasteiger charge is -2.36. The van der Waals surface area contributed by atoms with Gasteiger partial charge in [-0.1, -0.05) is 43.6 Å². The Hall–Kier alpha value is 0.400. The van der Waals surface area contributed by atoms with Gasteiger partial charge in [-0.25, -0.2) is 0 Å². The van der Waals surface area contributed by atoms with E-state index in [1.807, 2.05) is 13.8 Å². The van der Waals surface area contributed by atoms with E-state index in [9.17, 15) is 5.11 Å². The van der Waals surface area contributed by atoms with Crippen LogP contribution in [-0.2, 0) is 0 Å². The Kier molecular flexibility index (Phi) is 6.52. The van der Waals surface area contributed by atoms with Gasteiger partial charge in [-0.05, 0) is 31.7 Å². The van der Waals surface area contributed by atoms with E-state index < -0.39 is 5.60 Å². The smallest absolute Gasteiger partial charge is 0.0718 e. The van der Waals surface area contributed by atoms with E-state index in [4.69, 9.17) is 0 Å². The fourth-order valence-electron chi connectivity index (χ4n) is 1.72. The van der Waals surface area contributed by atoms with Crippen LogP contribution in [-0.4, -0.2) is 40.6 Å². The van der Waals surface area contributed by atoms with Crippen LogP contribution < -0.4 is 0 Å². The zero-order chi connectivity index (χ0) is 13.0. The first-order valence-electron chi connectivity index (χ1n) is 6.11. The summed E-state index contributed by atoms with van der Waals surface area (Å²) in [6, 6.07) is 0. The Morgan fingerprint density at radius 3 is 1.94 bits per heavy atom. The monoisotopic (exact) mass is 293 g/mol. The SMILES string of the molecule is CCN(CC(CBr)C(C)(C)C)CC(C)(C)O. The van der Waals surface area contributed by atoms with Gasteiger partial charge < -0.3 is 10.0 Å². The maximum absolute atomic E-state index is 9.85. The van der Waals surface area contributed by atoms with Crippen LogP contribution in [0, 0.1) is 11.3 Å². The minimum atomic E-state index is -0.606. The zero-order valence-electron chi connectivity index (χ0n) is 11.7. The van der Waals surface area contributed by atoms with Gasteiger partial charge in [0.05, 0.1) is 5.60 Å². The molecule has 2 nitrogen and oxygen atoms in total. The summed E-state index contributed by atoms with van der Waals surface area (Å²) in [4.78, 5) is 2.33. The van der Waals surface area contributed by atoms with Gasteiger partial charge in [0.2, 0.25) is 0 Å². The van der Waals surface area contributed by atoms with Crippen LogP contribution in [0.2, 0.25) is 0 Å². The second kappa shape index (κ2) is 6.36. The molecule has 0 aliphatic carbocycles. The van der Waals surface area contributed by atoms with E-state index in [2.05, 4.69) is 48.5 Å². The van der Waals surface area contributed by atoms with Crippen molar-refractivity contribution in [3.05, 3.63) is 0 Å². The number of aliphatic hydroxyl groups is 1. The number of nitrogens with zero attached hydrogens (tertiary/aromatic N) is 1. The molecule has 0 bridgehead atoms. The molecule has 0 saturated heterocycles. The summed E-state index contributed by atoms with van der Waals surface area (Å²) in [6.07, 6.45) is 0. The molecule has 0 aromatic carbocycles. The minimum Gasteiger partial charge on any atom is -0.389 e. The van der Waals surface area contributed by atoms with Gasteiger partial charge >= 0.3 is 0 Å². The summed E-state index contributed by atoms with van der Waals surface area (Å²) in [6.45, 7) is 15.5. The predicted molar refractivity (Wildman–Crippen MR) is 75.2 cm³/mol. The third-order valence-corrected chi connectivity index (χ3v) is 3.73. The first kappa shape index (κ1) is 16.4. The highest BCUT2D eigenvalue weighted by Gasteiger charge is 2.27. The van der Waals surface area contributed by atoms with Crippen molar-refractivity contribution in [1.82, 2.24) is 4.90 Å². The van der Waals surface area contributed by atoms with Crippen molar-refractivity contribution in [2.45, 2.75) is 47.1 Å². The second-order valence-corrected chi connectivity index (χ2v) is 7.00. The molecule has 0 rings (SSSR count). The Bertz CT molecular complexity index is 193. The molecule has 0 aromatic rings. The van der Waals surface area contributed by atoms with Gasteiger partial charge in [-0.3, -0.25) is 0 Å². The highest BCUT2D eigenvalue weighted by Crippen LogP contribution is 2.28. The summed E-state index contributed by atoms with van der Waals surface area (Å²) in [5.74, 6) is 0.606. The molecule has 1 N–H and O–H groups in total. The van der Waals surface area contributed by atoms with E-state index in [0.717, 1.165) is 25.0 Å². The van der Waals surface area contributed by atoms with Crippen molar-refractivity contribution in [1.29, 1.82) is 0 Å². The number of hydrogen-bond acceptors (Lipinski definition) is 2. The third kappa shape index (κ3) is 6.87. The average Bonchev–Trinajstić information content (AvgIpc) is 2.07. The van der Waals surface area contributed by atoms with Crippen LogP contribution in [0.15, 0.2) is 0 Å². The standard InChI is InChI=1S/C13H28BrNO/c1-7-15(10-13(5,6)16)9-11(8-14)12(2,3)4/h11,16H,7-10H2,1-6H3. The van der Waals surface area contributed by atoms with E-state index in [1.54, 1.807) is 0 Å². The lowest BCUT2D eigenvalue weighted by atomic mass is 9.81. The number of hydrogen-bond donors (Lipinski definition) is 1. The molecule has 98 valence electrons. The summed E-state index contributed by atoms with van der Waals surface area (Å²) in [5, 5.41) is 10.9. The van der Waals surface area contributed by atoms with Crippen LogP contribution in [0.25, 0.3) is 0 Å². The average molecular weight is 294 g/mol. The van der Waals surface area contributed by atoms with Crippen LogP contribution in [0.3, 0.4) is 0 Å². The fraction of sp³-hybridized carbons (Fsp3) is 1.00. The summed E-state index contributed by atoms with van der Waals surface area (Å²) in [7, 11) is 0. The van der Waals surface area contributed by atoms with Crippen molar-refractivity contribution in [3.63, 3.8) is 0 Å². The number of rotatable bonds is 6. The first-order valence-corrected chi connectivity index (χ1v) is 7.23. The van der Waals surface area contributed by atoms with Gasteiger partial charge in [-0.2, -0.15) is 0 Å². The third-order valence-electron chi connectivity index (χ3n) is 2.95. The number of likely N-dealkylation sites (N-methyl/N-ethyl adjacent to an activating group) is 1. The minimum absolute atomic E-state index is 0.302. The van der Waals surface area contributed by atoms with Gasteiger partial charge in [0, 0.05) is 18.4 Å². The Balaban J connectivity index is 4.40. The molecule has 3 heteroatoms. The maximum Gasteiger partial charge on any atom is 0.0718 e. The van der Waals surface area contributed by atoms with Gasteiger partial charge in [0.1, 0.15) is 0 Å². The van der Waals surface area contributed by atoms with Crippen molar-refractivity contribution < 1.29 is 5.11 Å². The lowest BCUT2D eigenvalue weighted by Crippen LogP contribution is -2.43. The van der Waals surface area contributed by atoms with Crippen molar-refractivity contribution in [2.24, 2.45) is 11.3 Å². The number of alkyl halides is 1. The maximum atomic E-state index is 9.85. The molecular weight excluding hydrogens is 266 g/mol. The lowest BCUT2D eigenvalue weighted by molar-refractivity contribution is 0.0273. The number of halogens is 1. The van der Waals surface area contributed by atoms with E-state index in [0.29, 0.717) is 11.3 Å². The van der Waals surface area contributed by atoms with Crippen LogP contribution in [0.4, 0.5) is 0 Å². The Morgan fingerprint density at radius 2 is 1.69 bits per heavy atom. The van der Waals surface area contributed by atoms with Crippen molar-refractivity contribution in [2.75, 3.05) is 25.0 Å². The van der Waals surface area contributed by atoms with Gasteiger partial charge in [0.25, 0.3) is 0 Å². The molecule has 0 radical (unpaired) electrons. The highest BCUT2D eigenvalue weighted by molar-refractivity contribution is 9.09. The van der Waals surface area contributed by atoms with E-state index in [1.165, 1.54) is 0 Å². The molecule has 0 spiro atoms. The summed E-state index contributed by atoms with van der Waals surface area (Å²) < 4.78 is 0. The van der Waals surface area contributed by atoms with Crippen LogP contribution >= 0.6 is 15.9 Å². The molecule has 0 fully saturated rings. The van der Waals surface area contributed by atoms with E-state index >= 15 is 0 Å². The summed E-state index contributed by atoms with van der Waals surface area (Å²) >= 11 is 3.60. The topological polar surface area (TPSA) is 23.5 Å². The Morgan fingerprint density at radius 1 is 1.19 bits per heavy atom. The molecule has 0 heterocycles. The molecule has 0 amide bonds. The summed E-state index contributed by atoms with van der Waals surface area (Å²) in [5.41, 5.74) is -0.304. The highest BCUT2D eigenvalue weighted by atomic mass is 79.9. The van der Waals surface area contributed by atoms with Crippen LogP contribution in [0.1, 0.15) is 41.5 Å². The second-order valence-electron chi connectivity index (χ2n) is 6.36. The molecule has 1 atom stereocenters. The Labute approximate surface area is 110 Å². The van der Waals surface area contributed by atoms with Gasteiger partial charge in [0.15, 0.2) is 0 Å². The van der Waals surface area contributed by atoms with Crippen molar-refractivity contribution >= 4 is 15.9 Å². The molecule has 0 aromatic heterocycles. The molecule has 16 heavy (non-hydrogen) atoms. The first-order chi connectivity index (χ1) is 7.10. The molecule has 0 aliphatic rings. The molecular formula is C13H28BrNO. The van der Waals surface area contributed by atoms with Crippen molar-refractivity contribution in [3.8, 4) is 0 Å². The molecule has 0 aliphatic heterocycles. The largest absolute Gasteiger partial charge is 0.389 e. The molecule has 0 saturated carbocycles. The zero-order valence-corrected chi connectivity index (χ0v) is 13.3. The quantitative estimate of drug-likeness (QED) is 0.761.